The number of nitrogens with one attached hydrogen (secondary N) is 1. The van der Waals surface area contributed by atoms with Crippen LogP contribution >= 0.6 is 0 Å². The highest BCUT2D eigenvalue weighted by atomic mass is 16.4. The highest BCUT2D eigenvalue weighted by molar-refractivity contribution is 5.91. The molecule has 0 aliphatic rings. The van der Waals surface area contributed by atoms with Crippen LogP contribution in [0.1, 0.15) is 29.0 Å². The molecule has 1 heterocycles. The van der Waals surface area contributed by atoms with Crippen LogP contribution in [0.4, 0.5) is 5.69 Å². The Hall–Kier alpha value is -2.95. The fourth-order valence-corrected chi connectivity index (χ4v) is 2.55. The molecule has 1 aromatic heterocycles. The zero-order valence-electron chi connectivity index (χ0n) is 14.7. The Morgan fingerprint density at radius 2 is 1.72 bits per heavy atom. The monoisotopic (exact) mass is 335 g/mol. The summed E-state index contributed by atoms with van der Waals surface area (Å²) < 4.78 is 5.65. The number of benzene rings is 2. The number of anilines is 1. The van der Waals surface area contributed by atoms with E-state index in [9.17, 15) is 4.79 Å². The van der Waals surface area contributed by atoms with E-state index in [0.29, 0.717) is 24.6 Å². The lowest BCUT2D eigenvalue weighted by Crippen LogP contribution is -2.13. The van der Waals surface area contributed by atoms with Crippen molar-refractivity contribution in [1.82, 2.24) is 10.2 Å². The van der Waals surface area contributed by atoms with E-state index in [-0.39, 0.29) is 5.91 Å². The Morgan fingerprint density at radius 1 is 1.00 bits per heavy atom. The average molecular weight is 335 g/mol. The Labute approximate surface area is 147 Å². The third-order valence-electron chi connectivity index (χ3n) is 3.99. The summed E-state index contributed by atoms with van der Waals surface area (Å²) >= 11 is 0. The van der Waals surface area contributed by atoms with Crippen LogP contribution in [0.5, 0.6) is 0 Å². The van der Waals surface area contributed by atoms with E-state index in [2.05, 4.69) is 15.5 Å². The molecular formula is C20H21N3O2. The van der Waals surface area contributed by atoms with Crippen molar-refractivity contribution in [2.24, 2.45) is 0 Å². The SMILES string of the molecule is Cc1ccc(-c2nnc(CCC(=O)Nc3ccc(C)cc3C)o2)cc1. The molecule has 0 radical (unpaired) electrons. The van der Waals surface area contributed by atoms with E-state index < -0.39 is 0 Å². The van der Waals surface area contributed by atoms with Crippen LogP contribution in [0.2, 0.25) is 0 Å². The second-order valence-corrected chi connectivity index (χ2v) is 6.23. The fraction of sp³-hybridized carbons (Fsp3) is 0.250. The minimum Gasteiger partial charge on any atom is -0.421 e. The number of carbonyl (C=O) groups excluding carboxylic acids is 1. The van der Waals surface area contributed by atoms with Crippen LogP contribution in [-0.2, 0) is 11.2 Å². The third-order valence-corrected chi connectivity index (χ3v) is 3.99. The number of nitrogens with zero attached hydrogens (tertiary/aromatic N) is 2. The highest BCUT2D eigenvalue weighted by Crippen LogP contribution is 2.19. The number of aryl methyl sites for hydroxylation is 4. The molecule has 0 aliphatic carbocycles. The van der Waals surface area contributed by atoms with E-state index in [1.807, 2.05) is 63.2 Å². The maximum Gasteiger partial charge on any atom is 0.247 e. The maximum atomic E-state index is 12.1. The first-order chi connectivity index (χ1) is 12.0. The van der Waals surface area contributed by atoms with E-state index >= 15 is 0 Å². The van der Waals surface area contributed by atoms with Gasteiger partial charge in [-0.2, -0.15) is 0 Å². The van der Waals surface area contributed by atoms with Gasteiger partial charge in [-0.1, -0.05) is 35.4 Å². The molecule has 5 heteroatoms. The summed E-state index contributed by atoms with van der Waals surface area (Å²) in [5.41, 5.74) is 5.11. The third kappa shape index (κ3) is 4.32. The lowest BCUT2D eigenvalue weighted by molar-refractivity contribution is -0.116. The van der Waals surface area contributed by atoms with Gasteiger partial charge in [-0.3, -0.25) is 4.79 Å². The van der Waals surface area contributed by atoms with Crippen molar-refractivity contribution in [3.63, 3.8) is 0 Å². The van der Waals surface area contributed by atoms with Gasteiger partial charge >= 0.3 is 0 Å². The highest BCUT2D eigenvalue weighted by Gasteiger charge is 2.11. The first-order valence-corrected chi connectivity index (χ1v) is 8.28. The largest absolute Gasteiger partial charge is 0.421 e. The van der Waals surface area contributed by atoms with Crippen molar-refractivity contribution in [3.8, 4) is 11.5 Å². The Bertz CT molecular complexity index is 882. The lowest BCUT2D eigenvalue weighted by atomic mass is 10.1. The quantitative estimate of drug-likeness (QED) is 0.757. The van der Waals surface area contributed by atoms with Gasteiger partial charge in [-0.15, -0.1) is 10.2 Å². The van der Waals surface area contributed by atoms with Gasteiger partial charge in [-0.25, -0.2) is 0 Å². The maximum absolute atomic E-state index is 12.1. The molecule has 5 nitrogen and oxygen atoms in total. The van der Waals surface area contributed by atoms with Crippen molar-refractivity contribution >= 4 is 11.6 Å². The predicted molar refractivity (Wildman–Crippen MR) is 97.3 cm³/mol. The van der Waals surface area contributed by atoms with Crippen LogP contribution in [0.15, 0.2) is 46.9 Å². The van der Waals surface area contributed by atoms with Crippen molar-refractivity contribution in [2.75, 3.05) is 5.32 Å². The summed E-state index contributed by atoms with van der Waals surface area (Å²) in [5, 5.41) is 11.0. The lowest BCUT2D eigenvalue weighted by Gasteiger charge is -2.08. The van der Waals surface area contributed by atoms with Gasteiger partial charge in [0.15, 0.2) is 0 Å². The van der Waals surface area contributed by atoms with E-state index in [1.165, 1.54) is 11.1 Å². The van der Waals surface area contributed by atoms with Crippen LogP contribution in [-0.4, -0.2) is 16.1 Å². The standard InChI is InChI=1S/C20H21N3O2/c1-13-4-7-16(8-5-13)20-23-22-19(25-20)11-10-18(24)21-17-9-6-14(2)12-15(17)3/h4-9,12H,10-11H2,1-3H3,(H,21,24). The van der Waals surface area contributed by atoms with Crippen molar-refractivity contribution in [2.45, 2.75) is 33.6 Å². The van der Waals surface area contributed by atoms with Gasteiger partial charge < -0.3 is 9.73 Å². The molecule has 25 heavy (non-hydrogen) atoms. The van der Waals surface area contributed by atoms with Crippen LogP contribution in [0, 0.1) is 20.8 Å². The van der Waals surface area contributed by atoms with Gasteiger partial charge in [0.25, 0.3) is 0 Å². The molecule has 0 saturated heterocycles. The number of hydrogen-bond acceptors (Lipinski definition) is 4. The molecule has 128 valence electrons. The number of carbonyl (C=O) groups is 1. The molecule has 3 aromatic rings. The zero-order valence-corrected chi connectivity index (χ0v) is 14.7. The van der Waals surface area contributed by atoms with Gasteiger partial charge in [0.05, 0.1) is 0 Å². The van der Waals surface area contributed by atoms with Crippen molar-refractivity contribution in [1.29, 1.82) is 0 Å². The molecule has 0 aliphatic heterocycles. The fourth-order valence-electron chi connectivity index (χ4n) is 2.55. The average Bonchev–Trinajstić information content (AvgIpc) is 3.05. The minimum absolute atomic E-state index is 0.0676. The zero-order chi connectivity index (χ0) is 17.8. The summed E-state index contributed by atoms with van der Waals surface area (Å²) in [5.74, 6) is 0.873. The molecule has 0 bridgehead atoms. The molecular weight excluding hydrogens is 314 g/mol. The smallest absolute Gasteiger partial charge is 0.247 e. The molecule has 0 spiro atoms. The summed E-state index contributed by atoms with van der Waals surface area (Å²) in [6, 6.07) is 13.8. The summed E-state index contributed by atoms with van der Waals surface area (Å²) in [7, 11) is 0. The van der Waals surface area contributed by atoms with Gasteiger partial charge in [-0.05, 0) is 44.5 Å². The normalized spacial score (nSPS) is 10.7. The molecule has 1 N–H and O–H groups in total. The topological polar surface area (TPSA) is 68.0 Å². The van der Waals surface area contributed by atoms with Gasteiger partial charge in [0.1, 0.15) is 0 Å². The Balaban J connectivity index is 1.58. The van der Waals surface area contributed by atoms with Crippen LogP contribution in [0.25, 0.3) is 11.5 Å². The second kappa shape index (κ2) is 7.30. The first-order valence-electron chi connectivity index (χ1n) is 8.28. The number of rotatable bonds is 5. The van der Waals surface area contributed by atoms with Crippen LogP contribution in [0.3, 0.4) is 0 Å². The Morgan fingerprint density at radius 3 is 2.44 bits per heavy atom. The van der Waals surface area contributed by atoms with Crippen molar-refractivity contribution in [3.05, 3.63) is 65.0 Å². The molecule has 1 amide bonds. The number of hydrogen-bond donors (Lipinski definition) is 1. The predicted octanol–water partition coefficient (Wildman–Crippen LogP) is 4.23. The molecule has 0 fully saturated rings. The summed E-state index contributed by atoms with van der Waals surface area (Å²) in [4.78, 5) is 12.1. The van der Waals surface area contributed by atoms with Gasteiger partial charge in [0, 0.05) is 24.1 Å². The minimum atomic E-state index is -0.0676. The molecule has 0 saturated carbocycles. The van der Waals surface area contributed by atoms with E-state index in [4.69, 9.17) is 4.42 Å². The molecule has 0 atom stereocenters. The van der Waals surface area contributed by atoms with Crippen molar-refractivity contribution < 1.29 is 9.21 Å². The molecule has 3 rings (SSSR count). The van der Waals surface area contributed by atoms with E-state index in [0.717, 1.165) is 16.8 Å². The Kier molecular flexibility index (Phi) is 4.93. The summed E-state index contributed by atoms with van der Waals surface area (Å²) in [6.07, 6.45) is 0.707. The van der Waals surface area contributed by atoms with Crippen LogP contribution < -0.4 is 5.32 Å². The number of aromatic nitrogens is 2. The second-order valence-electron chi connectivity index (χ2n) is 6.23. The van der Waals surface area contributed by atoms with E-state index in [1.54, 1.807) is 0 Å². The molecule has 0 unspecified atom stereocenters. The molecule has 2 aromatic carbocycles. The van der Waals surface area contributed by atoms with Gasteiger partial charge in [0.2, 0.25) is 17.7 Å². The number of amides is 1. The summed E-state index contributed by atoms with van der Waals surface area (Å²) in [6.45, 7) is 6.03. The first kappa shape index (κ1) is 16.9.